The molecule has 0 saturated heterocycles. The van der Waals surface area contributed by atoms with Crippen LogP contribution in [0.2, 0.25) is 0 Å². The molecule has 0 aliphatic carbocycles. The molecule has 1 atom stereocenters. The van der Waals surface area contributed by atoms with Gasteiger partial charge < -0.3 is 10.6 Å². The molecule has 0 fully saturated rings. The van der Waals surface area contributed by atoms with Gasteiger partial charge in [0.25, 0.3) is 0 Å². The van der Waals surface area contributed by atoms with Gasteiger partial charge in [-0.2, -0.15) is 0 Å². The van der Waals surface area contributed by atoms with Crippen LogP contribution in [-0.4, -0.2) is 24.5 Å². The van der Waals surface area contributed by atoms with E-state index in [1.807, 2.05) is 20.8 Å². The fourth-order valence-electron chi connectivity index (χ4n) is 0.925. The number of nitrogens with one attached hydrogen (secondary N) is 2. The molecule has 0 radical (unpaired) electrons. The number of hydrogen-bond donors (Lipinski definition) is 2. The molecule has 0 aliphatic heterocycles. The van der Waals surface area contributed by atoms with Crippen LogP contribution < -0.4 is 10.6 Å². The van der Waals surface area contributed by atoms with Gasteiger partial charge in [-0.15, -0.1) is 0 Å². The van der Waals surface area contributed by atoms with Gasteiger partial charge in [-0.3, -0.25) is 4.79 Å². The summed E-state index contributed by atoms with van der Waals surface area (Å²) in [5.41, 5.74) is 1.12. The van der Waals surface area contributed by atoms with Gasteiger partial charge in [0.15, 0.2) is 0 Å². The maximum absolute atomic E-state index is 11.5. The Morgan fingerprint density at radius 3 is 2.36 bits per heavy atom. The molecule has 0 saturated carbocycles. The summed E-state index contributed by atoms with van der Waals surface area (Å²) in [7, 11) is 0. The topological polar surface area (TPSA) is 41.1 Å². The molecule has 0 rings (SSSR count). The molecule has 0 aromatic heterocycles. The predicted molar refractivity (Wildman–Crippen MR) is 60.2 cm³/mol. The van der Waals surface area contributed by atoms with E-state index in [4.69, 9.17) is 0 Å². The van der Waals surface area contributed by atoms with Crippen LogP contribution in [0, 0.1) is 0 Å². The van der Waals surface area contributed by atoms with E-state index in [2.05, 4.69) is 24.1 Å². The third-order valence-electron chi connectivity index (χ3n) is 1.98. The van der Waals surface area contributed by atoms with Crippen molar-refractivity contribution in [3.63, 3.8) is 0 Å². The Balaban J connectivity index is 3.78. The number of carbonyl (C=O) groups is 1. The highest BCUT2D eigenvalue weighted by Gasteiger charge is 2.12. The van der Waals surface area contributed by atoms with Gasteiger partial charge in [-0.05, 0) is 27.2 Å². The summed E-state index contributed by atoms with van der Waals surface area (Å²) in [5.74, 6) is 0.0453. The fraction of sp³-hybridized carbons (Fsp3) is 0.727. The molecule has 0 aromatic rings. The quantitative estimate of drug-likeness (QED) is 0.634. The molecular formula is C11H22N2O. The van der Waals surface area contributed by atoms with Crippen LogP contribution in [0.4, 0.5) is 0 Å². The minimum atomic E-state index is -0.152. The van der Waals surface area contributed by atoms with Crippen LogP contribution in [0.3, 0.4) is 0 Å². The lowest BCUT2D eigenvalue weighted by atomic mass is 10.2. The second kappa shape index (κ2) is 6.60. The summed E-state index contributed by atoms with van der Waals surface area (Å²) in [6, 6.07) is 0.0434. The molecule has 0 aromatic carbocycles. The minimum Gasteiger partial charge on any atom is -0.353 e. The van der Waals surface area contributed by atoms with Gasteiger partial charge in [0.05, 0.1) is 6.04 Å². The molecule has 1 unspecified atom stereocenters. The van der Waals surface area contributed by atoms with Crippen molar-refractivity contribution in [3.05, 3.63) is 12.2 Å². The van der Waals surface area contributed by atoms with Crippen LogP contribution >= 0.6 is 0 Å². The highest BCUT2D eigenvalue weighted by molar-refractivity contribution is 5.81. The Labute approximate surface area is 87.0 Å². The third kappa shape index (κ3) is 5.75. The van der Waals surface area contributed by atoms with Gasteiger partial charge in [-0.1, -0.05) is 19.1 Å². The summed E-state index contributed by atoms with van der Waals surface area (Å²) < 4.78 is 0. The summed E-state index contributed by atoms with van der Waals surface area (Å²) in [6.07, 6.45) is 0.950. The molecule has 1 amide bonds. The molecule has 2 N–H and O–H groups in total. The van der Waals surface area contributed by atoms with Crippen LogP contribution in [0.1, 0.15) is 34.1 Å². The summed E-state index contributed by atoms with van der Waals surface area (Å²) in [6.45, 7) is 12.4. The monoisotopic (exact) mass is 198 g/mol. The van der Waals surface area contributed by atoms with Gasteiger partial charge in [0.1, 0.15) is 0 Å². The first kappa shape index (κ1) is 13.2. The van der Waals surface area contributed by atoms with Gasteiger partial charge in [0, 0.05) is 12.6 Å². The smallest absolute Gasteiger partial charge is 0.237 e. The van der Waals surface area contributed by atoms with Gasteiger partial charge in [-0.25, -0.2) is 0 Å². The first-order valence-electron chi connectivity index (χ1n) is 5.17. The van der Waals surface area contributed by atoms with Crippen LogP contribution in [0.15, 0.2) is 12.2 Å². The first-order chi connectivity index (χ1) is 6.47. The predicted octanol–water partition coefficient (Wildman–Crippen LogP) is 1.46. The highest BCUT2D eigenvalue weighted by Crippen LogP contribution is 1.94. The average Bonchev–Trinajstić information content (AvgIpc) is 2.12. The van der Waals surface area contributed by atoms with Gasteiger partial charge >= 0.3 is 0 Å². The number of carbonyl (C=O) groups excluding carboxylic acids is 1. The van der Waals surface area contributed by atoms with Gasteiger partial charge in [0.2, 0.25) is 5.91 Å². The van der Waals surface area contributed by atoms with Crippen molar-refractivity contribution in [1.82, 2.24) is 10.6 Å². The SMILES string of the molecule is C=C(CC)CNC(C)C(=O)NC(C)C. The van der Waals surface area contributed by atoms with Crippen molar-refractivity contribution in [2.24, 2.45) is 0 Å². The molecule has 0 spiro atoms. The van der Waals surface area contributed by atoms with E-state index in [-0.39, 0.29) is 18.0 Å². The van der Waals surface area contributed by atoms with E-state index in [0.717, 1.165) is 12.0 Å². The standard InChI is InChI=1S/C11H22N2O/c1-6-9(4)7-12-10(5)11(14)13-8(2)3/h8,10,12H,4,6-7H2,1-3,5H3,(H,13,14). The van der Waals surface area contributed by atoms with E-state index in [1.165, 1.54) is 0 Å². The maximum Gasteiger partial charge on any atom is 0.237 e. The maximum atomic E-state index is 11.5. The minimum absolute atomic E-state index is 0.0453. The van der Waals surface area contributed by atoms with Crippen molar-refractivity contribution in [1.29, 1.82) is 0 Å². The Bertz CT molecular complexity index is 199. The van der Waals surface area contributed by atoms with E-state index in [9.17, 15) is 4.79 Å². The number of rotatable bonds is 6. The second-order valence-electron chi connectivity index (χ2n) is 3.87. The van der Waals surface area contributed by atoms with Crippen molar-refractivity contribution in [2.75, 3.05) is 6.54 Å². The first-order valence-corrected chi connectivity index (χ1v) is 5.17. The van der Waals surface area contributed by atoms with E-state index >= 15 is 0 Å². The molecule has 82 valence electrons. The lowest BCUT2D eigenvalue weighted by Crippen LogP contribution is -2.45. The number of hydrogen-bond acceptors (Lipinski definition) is 2. The molecule has 14 heavy (non-hydrogen) atoms. The van der Waals surface area contributed by atoms with Crippen LogP contribution in [0.25, 0.3) is 0 Å². The average molecular weight is 198 g/mol. The zero-order valence-corrected chi connectivity index (χ0v) is 9.68. The van der Waals surface area contributed by atoms with Crippen molar-refractivity contribution in [2.45, 2.75) is 46.2 Å². The molecule has 3 heteroatoms. The molecule has 0 heterocycles. The second-order valence-corrected chi connectivity index (χ2v) is 3.87. The van der Waals surface area contributed by atoms with E-state index in [1.54, 1.807) is 0 Å². The summed E-state index contributed by atoms with van der Waals surface area (Å²) >= 11 is 0. The largest absolute Gasteiger partial charge is 0.353 e. The summed E-state index contributed by atoms with van der Waals surface area (Å²) in [5, 5.41) is 5.98. The van der Waals surface area contributed by atoms with Crippen LogP contribution in [0.5, 0.6) is 0 Å². The normalized spacial score (nSPS) is 12.6. The van der Waals surface area contributed by atoms with Crippen molar-refractivity contribution >= 4 is 5.91 Å². The Morgan fingerprint density at radius 1 is 1.36 bits per heavy atom. The van der Waals surface area contributed by atoms with E-state index < -0.39 is 0 Å². The van der Waals surface area contributed by atoms with Crippen molar-refractivity contribution in [3.8, 4) is 0 Å². The Kier molecular flexibility index (Phi) is 6.21. The molecule has 0 aliphatic rings. The Morgan fingerprint density at radius 2 is 1.93 bits per heavy atom. The number of amides is 1. The fourth-order valence-corrected chi connectivity index (χ4v) is 0.925. The lowest BCUT2D eigenvalue weighted by Gasteiger charge is -2.16. The Hall–Kier alpha value is -0.830. The zero-order chi connectivity index (χ0) is 11.1. The molecule has 0 bridgehead atoms. The lowest BCUT2D eigenvalue weighted by molar-refractivity contribution is -0.123. The van der Waals surface area contributed by atoms with E-state index in [0.29, 0.717) is 6.54 Å². The third-order valence-corrected chi connectivity index (χ3v) is 1.98. The summed E-state index contributed by atoms with van der Waals surface area (Å²) in [4.78, 5) is 11.5. The zero-order valence-electron chi connectivity index (χ0n) is 9.68. The molecular weight excluding hydrogens is 176 g/mol. The molecule has 3 nitrogen and oxygen atoms in total. The van der Waals surface area contributed by atoms with Crippen LogP contribution in [-0.2, 0) is 4.79 Å². The van der Waals surface area contributed by atoms with Crippen molar-refractivity contribution < 1.29 is 4.79 Å². The highest BCUT2D eigenvalue weighted by atomic mass is 16.2.